The average molecular weight is 279 g/mol. The largest absolute Gasteiger partial charge is 0.365 e. The smallest absolute Gasteiger partial charge is 0.146 e. The number of benzene rings is 1. The van der Waals surface area contributed by atoms with Crippen LogP contribution in [0.25, 0.3) is 0 Å². The quantitative estimate of drug-likeness (QED) is 0.917. The van der Waals surface area contributed by atoms with Crippen molar-refractivity contribution >= 4 is 5.69 Å². The maximum absolute atomic E-state index is 14.5. The Morgan fingerprint density at radius 1 is 1.35 bits per heavy atom. The molecule has 112 valence electrons. The summed E-state index contributed by atoms with van der Waals surface area (Å²) in [7, 11) is 4.05. The van der Waals surface area contributed by atoms with Crippen molar-refractivity contribution in [2.75, 3.05) is 38.6 Å². The topological polar surface area (TPSA) is 18.5 Å². The monoisotopic (exact) mass is 279 g/mol. The first kappa shape index (κ1) is 15.3. The summed E-state index contributed by atoms with van der Waals surface area (Å²) in [5.41, 5.74) is 1.82. The van der Waals surface area contributed by atoms with Crippen molar-refractivity contribution in [2.24, 2.45) is 0 Å². The molecule has 0 saturated carbocycles. The van der Waals surface area contributed by atoms with Crippen LogP contribution in [-0.2, 0) is 0 Å². The normalized spacial score (nSPS) is 22.6. The Kier molecular flexibility index (Phi) is 5.00. The third-order valence-corrected chi connectivity index (χ3v) is 4.25. The number of nitrogens with one attached hydrogen (secondary N) is 1. The molecule has 0 bridgehead atoms. The molecule has 0 radical (unpaired) electrons. The van der Waals surface area contributed by atoms with Crippen molar-refractivity contribution in [3.63, 3.8) is 0 Å². The van der Waals surface area contributed by atoms with E-state index in [1.54, 1.807) is 12.1 Å². The zero-order valence-corrected chi connectivity index (χ0v) is 13.0. The summed E-state index contributed by atoms with van der Waals surface area (Å²) in [4.78, 5) is 4.56. The maximum atomic E-state index is 14.5. The molecule has 0 aliphatic carbocycles. The summed E-state index contributed by atoms with van der Waals surface area (Å²) in [5, 5.41) is 3.22. The Morgan fingerprint density at radius 3 is 2.80 bits per heavy atom. The number of halogens is 1. The van der Waals surface area contributed by atoms with Gasteiger partial charge < -0.3 is 15.1 Å². The molecule has 0 spiro atoms. The van der Waals surface area contributed by atoms with Crippen molar-refractivity contribution in [3.8, 4) is 0 Å². The van der Waals surface area contributed by atoms with Crippen molar-refractivity contribution < 1.29 is 4.39 Å². The second kappa shape index (κ2) is 6.55. The van der Waals surface area contributed by atoms with E-state index in [-0.39, 0.29) is 11.9 Å². The number of hydrogen-bond acceptors (Lipinski definition) is 3. The highest BCUT2D eigenvalue weighted by Gasteiger charge is 2.25. The van der Waals surface area contributed by atoms with Crippen molar-refractivity contribution in [1.82, 2.24) is 10.2 Å². The van der Waals surface area contributed by atoms with E-state index in [9.17, 15) is 4.39 Å². The van der Waals surface area contributed by atoms with Gasteiger partial charge in [0.05, 0.1) is 5.69 Å². The van der Waals surface area contributed by atoms with Gasteiger partial charge in [0, 0.05) is 25.2 Å². The van der Waals surface area contributed by atoms with E-state index >= 15 is 0 Å². The number of nitrogens with zero attached hydrogens (tertiary/aromatic N) is 2. The van der Waals surface area contributed by atoms with Gasteiger partial charge in [-0.3, -0.25) is 0 Å². The average Bonchev–Trinajstić information content (AvgIpc) is 2.58. The van der Waals surface area contributed by atoms with Crippen LogP contribution in [0.3, 0.4) is 0 Å². The van der Waals surface area contributed by atoms with Gasteiger partial charge in [0.15, 0.2) is 0 Å². The highest BCUT2D eigenvalue weighted by molar-refractivity contribution is 5.57. The highest BCUT2D eigenvalue weighted by Crippen LogP contribution is 2.31. The zero-order chi connectivity index (χ0) is 14.7. The van der Waals surface area contributed by atoms with Gasteiger partial charge in [-0.15, -0.1) is 0 Å². The maximum Gasteiger partial charge on any atom is 0.146 e. The van der Waals surface area contributed by atoms with Gasteiger partial charge >= 0.3 is 0 Å². The fraction of sp³-hybridized carbons (Fsp3) is 0.625. The molecule has 1 heterocycles. The van der Waals surface area contributed by atoms with Crippen molar-refractivity contribution in [3.05, 3.63) is 29.6 Å². The Hall–Kier alpha value is -1.13. The van der Waals surface area contributed by atoms with Crippen LogP contribution >= 0.6 is 0 Å². The second-order valence-electron chi connectivity index (χ2n) is 5.85. The molecular weight excluding hydrogens is 253 g/mol. The summed E-state index contributed by atoms with van der Waals surface area (Å²) in [6, 6.07) is 5.87. The van der Waals surface area contributed by atoms with Gasteiger partial charge in [-0.05, 0) is 52.5 Å². The lowest BCUT2D eigenvalue weighted by Crippen LogP contribution is -2.39. The van der Waals surface area contributed by atoms with Crippen molar-refractivity contribution in [1.29, 1.82) is 0 Å². The summed E-state index contributed by atoms with van der Waals surface area (Å²) < 4.78 is 14.5. The number of rotatable bonds is 3. The minimum atomic E-state index is -0.110. The predicted molar refractivity (Wildman–Crippen MR) is 82.8 cm³/mol. The number of likely N-dealkylation sites (N-methyl/N-ethyl adjacent to an activating group) is 1. The van der Waals surface area contributed by atoms with Gasteiger partial charge in [0.2, 0.25) is 0 Å². The van der Waals surface area contributed by atoms with Gasteiger partial charge in [-0.1, -0.05) is 12.1 Å². The summed E-state index contributed by atoms with van der Waals surface area (Å²) in [6.45, 7) is 7.22. The van der Waals surface area contributed by atoms with Gasteiger partial charge in [-0.2, -0.15) is 0 Å². The predicted octanol–water partition coefficient (Wildman–Crippen LogP) is 2.64. The molecule has 0 aromatic heterocycles. The van der Waals surface area contributed by atoms with Crippen LogP contribution in [0.5, 0.6) is 0 Å². The lowest BCUT2D eigenvalue weighted by Gasteiger charge is -2.33. The molecule has 1 N–H and O–H groups in total. The molecule has 1 aliphatic heterocycles. The third kappa shape index (κ3) is 3.13. The van der Waals surface area contributed by atoms with Gasteiger partial charge in [0.25, 0.3) is 0 Å². The number of hydrogen-bond donors (Lipinski definition) is 1. The Balaban J connectivity index is 2.39. The van der Waals surface area contributed by atoms with Crippen LogP contribution < -0.4 is 10.2 Å². The SMILES string of the molecule is CNC(C)c1cccc(F)c1N1CCCN(C)CC1C. The first-order valence-electron chi connectivity index (χ1n) is 7.45. The van der Waals surface area contributed by atoms with E-state index in [1.165, 1.54) is 0 Å². The fourth-order valence-electron chi connectivity index (χ4n) is 3.04. The van der Waals surface area contributed by atoms with E-state index in [0.29, 0.717) is 6.04 Å². The Labute approximate surface area is 121 Å². The zero-order valence-electron chi connectivity index (χ0n) is 13.0. The third-order valence-electron chi connectivity index (χ3n) is 4.25. The molecule has 2 unspecified atom stereocenters. The first-order chi connectivity index (χ1) is 9.54. The Morgan fingerprint density at radius 2 is 2.10 bits per heavy atom. The lowest BCUT2D eigenvalue weighted by molar-refractivity contribution is 0.337. The Bertz CT molecular complexity index is 449. The number of anilines is 1. The summed E-state index contributed by atoms with van der Waals surface area (Å²) in [6.07, 6.45) is 1.07. The van der Waals surface area contributed by atoms with E-state index < -0.39 is 0 Å². The fourth-order valence-corrected chi connectivity index (χ4v) is 3.04. The molecule has 1 aromatic carbocycles. The van der Waals surface area contributed by atoms with Gasteiger partial charge in [-0.25, -0.2) is 4.39 Å². The minimum Gasteiger partial charge on any atom is -0.365 e. The minimum absolute atomic E-state index is 0.110. The van der Waals surface area contributed by atoms with Crippen LogP contribution in [0.4, 0.5) is 10.1 Å². The van der Waals surface area contributed by atoms with Crippen LogP contribution in [-0.4, -0.2) is 44.7 Å². The molecule has 2 atom stereocenters. The van der Waals surface area contributed by atoms with E-state index in [0.717, 1.165) is 37.3 Å². The van der Waals surface area contributed by atoms with Crippen LogP contribution in [0.2, 0.25) is 0 Å². The van der Waals surface area contributed by atoms with E-state index in [2.05, 4.69) is 36.0 Å². The second-order valence-corrected chi connectivity index (χ2v) is 5.85. The standard InChI is InChI=1S/C16H26FN3/c1-12-11-19(4)9-6-10-20(12)16-14(13(2)18-3)7-5-8-15(16)17/h5,7-8,12-13,18H,6,9-11H2,1-4H3. The molecule has 20 heavy (non-hydrogen) atoms. The van der Waals surface area contributed by atoms with E-state index in [1.807, 2.05) is 13.1 Å². The lowest BCUT2D eigenvalue weighted by atomic mass is 10.0. The molecule has 1 saturated heterocycles. The van der Waals surface area contributed by atoms with Crippen LogP contribution in [0, 0.1) is 5.82 Å². The molecule has 1 fully saturated rings. The van der Waals surface area contributed by atoms with Crippen LogP contribution in [0.1, 0.15) is 31.9 Å². The molecule has 0 amide bonds. The van der Waals surface area contributed by atoms with Gasteiger partial charge in [0.1, 0.15) is 5.82 Å². The molecular formula is C16H26FN3. The van der Waals surface area contributed by atoms with Crippen molar-refractivity contribution in [2.45, 2.75) is 32.4 Å². The first-order valence-corrected chi connectivity index (χ1v) is 7.45. The molecule has 1 aliphatic rings. The highest BCUT2D eigenvalue weighted by atomic mass is 19.1. The molecule has 2 rings (SSSR count). The van der Waals surface area contributed by atoms with Crippen LogP contribution in [0.15, 0.2) is 18.2 Å². The summed E-state index contributed by atoms with van der Waals surface area (Å²) >= 11 is 0. The summed E-state index contributed by atoms with van der Waals surface area (Å²) in [5.74, 6) is -0.110. The molecule has 4 heteroatoms. The molecule has 3 nitrogen and oxygen atoms in total. The number of para-hydroxylation sites is 1. The van der Waals surface area contributed by atoms with E-state index in [4.69, 9.17) is 0 Å². The molecule has 1 aromatic rings.